The topological polar surface area (TPSA) is 3.24 Å². The van der Waals surface area contributed by atoms with Gasteiger partial charge in [-0.05, 0) is 38.9 Å². The Balaban J connectivity index is 2.32. The maximum atomic E-state index is 2.33. The molecule has 0 amide bonds. The normalized spacial score (nSPS) is 28.3. The summed E-state index contributed by atoms with van der Waals surface area (Å²) in [5.41, 5.74) is 0. The first-order valence-electron chi connectivity index (χ1n) is 4.70. The van der Waals surface area contributed by atoms with Crippen molar-refractivity contribution >= 4 is 0 Å². The van der Waals surface area contributed by atoms with Gasteiger partial charge in [-0.1, -0.05) is 31.2 Å². The molecular formula is C11H19N. The lowest BCUT2D eigenvalue weighted by atomic mass is 9.87. The quantitative estimate of drug-likeness (QED) is 0.620. The molecule has 1 aliphatic rings. The van der Waals surface area contributed by atoms with Crippen LogP contribution in [0.15, 0.2) is 24.3 Å². The summed E-state index contributed by atoms with van der Waals surface area (Å²) in [6.45, 7) is 3.48. The fourth-order valence-corrected chi connectivity index (χ4v) is 1.53. The molecule has 1 rings (SSSR count). The van der Waals surface area contributed by atoms with Crippen LogP contribution < -0.4 is 0 Å². The zero-order valence-corrected chi connectivity index (χ0v) is 8.33. The van der Waals surface area contributed by atoms with E-state index in [1.807, 2.05) is 0 Å². The zero-order chi connectivity index (χ0) is 8.97. The van der Waals surface area contributed by atoms with Gasteiger partial charge in [-0.15, -0.1) is 0 Å². The fourth-order valence-electron chi connectivity index (χ4n) is 1.53. The minimum absolute atomic E-state index is 0.718. The molecule has 0 N–H and O–H groups in total. The van der Waals surface area contributed by atoms with Gasteiger partial charge in [-0.3, -0.25) is 0 Å². The highest BCUT2D eigenvalue weighted by Crippen LogP contribution is 2.21. The van der Waals surface area contributed by atoms with Gasteiger partial charge in [0.25, 0.3) is 0 Å². The lowest BCUT2D eigenvalue weighted by Gasteiger charge is -2.21. The Labute approximate surface area is 75.8 Å². The monoisotopic (exact) mass is 165 g/mol. The Morgan fingerprint density at radius 3 is 2.42 bits per heavy atom. The van der Waals surface area contributed by atoms with E-state index in [1.54, 1.807) is 0 Å². The van der Waals surface area contributed by atoms with Crippen LogP contribution in [0.25, 0.3) is 0 Å². The maximum Gasteiger partial charge on any atom is -0.00190 e. The van der Waals surface area contributed by atoms with Crippen molar-refractivity contribution in [2.24, 2.45) is 11.8 Å². The highest BCUT2D eigenvalue weighted by atomic mass is 15.0. The number of hydrogen-bond donors (Lipinski definition) is 0. The smallest absolute Gasteiger partial charge is 0.00190 e. The number of hydrogen-bond acceptors (Lipinski definition) is 1. The van der Waals surface area contributed by atoms with Gasteiger partial charge in [0, 0.05) is 0 Å². The van der Waals surface area contributed by atoms with Crippen LogP contribution in [0.4, 0.5) is 0 Å². The van der Waals surface area contributed by atoms with Gasteiger partial charge in [0.15, 0.2) is 0 Å². The molecule has 0 aromatic heterocycles. The standard InChI is InChI=1S/C11H19N/c1-10-6-4-5-7-11(10)8-9-12(2)3/h4-7,10-11H,8-9H2,1-3H3. The molecule has 1 heteroatoms. The summed E-state index contributed by atoms with van der Waals surface area (Å²) in [4.78, 5) is 2.25. The van der Waals surface area contributed by atoms with E-state index in [4.69, 9.17) is 0 Å². The third-order valence-electron chi connectivity index (χ3n) is 2.47. The highest BCUT2D eigenvalue weighted by Gasteiger charge is 2.13. The molecule has 2 atom stereocenters. The van der Waals surface area contributed by atoms with Crippen LogP contribution in [0, 0.1) is 11.8 Å². The molecule has 0 aromatic rings. The molecule has 0 aliphatic heterocycles. The van der Waals surface area contributed by atoms with Crippen molar-refractivity contribution in [1.82, 2.24) is 4.90 Å². The van der Waals surface area contributed by atoms with Crippen LogP contribution in [-0.4, -0.2) is 25.5 Å². The second-order valence-electron chi connectivity index (χ2n) is 3.88. The van der Waals surface area contributed by atoms with Gasteiger partial charge in [0.05, 0.1) is 0 Å². The Hall–Kier alpha value is -0.560. The molecule has 12 heavy (non-hydrogen) atoms. The predicted molar refractivity (Wildman–Crippen MR) is 54.1 cm³/mol. The second-order valence-corrected chi connectivity index (χ2v) is 3.88. The van der Waals surface area contributed by atoms with Crippen LogP contribution in [0.2, 0.25) is 0 Å². The summed E-state index contributed by atoms with van der Waals surface area (Å²) in [5.74, 6) is 1.47. The van der Waals surface area contributed by atoms with Crippen LogP contribution >= 0.6 is 0 Å². The van der Waals surface area contributed by atoms with Crippen LogP contribution in [0.5, 0.6) is 0 Å². The minimum atomic E-state index is 0.718. The average Bonchev–Trinajstić information content (AvgIpc) is 2.03. The Bertz CT molecular complexity index is 179. The Morgan fingerprint density at radius 1 is 1.17 bits per heavy atom. The Morgan fingerprint density at radius 2 is 1.83 bits per heavy atom. The molecule has 68 valence electrons. The van der Waals surface area contributed by atoms with E-state index in [9.17, 15) is 0 Å². The summed E-state index contributed by atoms with van der Waals surface area (Å²) < 4.78 is 0. The van der Waals surface area contributed by atoms with E-state index in [1.165, 1.54) is 13.0 Å². The Kier molecular flexibility index (Phi) is 3.54. The molecule has 1 nitrogen and oxygen atoms in total. The van der Waals surface area contributed by atoms with Crippen molar-refractivity contribution in [3.63, 3.8) is 0 Å². The molecular weight excluding hydrogens is 146 g/mol. The molecule has 0 fully saturated rings. The molecule has 0 aromatic carbocycles. The molecule has 0 bridgehead atoms. The third kappa shape index (κ3) is 2.82. The van der Waals surface area contributed by atoms with Crippen molar-refractivity contribution < 1.29 is 0 Å². The van der Waals surface area contributed by atoms with Gasteiger partial charge in [0.2, 0.25) is 0 Å². The summed E-state index contributed by atoms with van der Waals surface area (Å²) in [7, 11) is 4.26. The van der Waals surface area contributed by atoms with Crippen LogP contribution in [0.1, 0.15) is 13.3 Å². The van der Waals surface area contributed by atoms with Crippen molar-refractivity contribution in [2.45, 2.75) is 13.3 Å². The molecule has 2 unspecified atom stereocenters. The van der Waals surface area contributed by atoms with Gasteiger partial charge in [0.1, 0.15) is 0 Å². The molecule has 0 saturated carbocycles. The van der Waals surface area contributed by atoms with Gasteiger partial charge < -0.3 is 4.90 Å². The lowest BCUT2D eigenvalue weighted by molar-refractivity contribution is 0.348. The summed E-state index contributed by atoms with van der Waals surface area (Å²) >= 11 is 0. The first-order chi connectivity index (χ1) is 5.70. The van der Waals surface area contributed by atoms with E-state index in [0.29, 0.717) is 0 Å². The largest absolute Gasteiger partial charge is 0.309 e. The highest BCUT2D eigenvalue weighted by molar-refractivity contribution is 5.13. The third-order valence-corrected chi connectivity index (χ3v) is 2.47. The number of allylic oxidation sites excluding steroid dienone is 4. The number of rotatable bonds is 3. The van der Waals surface area contributed by atoms with Gasteiger partial charge in [-0.2, -0.15) is 0 Å². The lowest BCUT2D eigenvalue weighted by Crippen LogP contribution is -2.19. The van der Waals surface area contributed by atoms with E-state index >= 15 is 0 Å². The van der Waals surface area contributed by atoms with Crippen molar-refractivity contribution in [2.75, 3.05) is 20.6 Å². The summed E-state index contributed by atoms with van der Waals surface area (Å²) in [5, 5.41) is 0. The number of nitrogens with zero attached hydrogens (tertiary/aromatic N) is 1. The molecule has 0 heterocycles. The van der Waals surface area contributed by atoms with Gasteiger partial charge >= 0.3 is 0 Å². The van der Waals surface area contributed by atoms with E-state index in [0.717, 1.165) is 11.8 Å². The van der Waals surface area contributed by atoms with Crippen molar-refractivity contribution in [3.8, 4) is 0 Å². The maximum absolute atomic E-state index is 2.33. The zero-order valence-electron chi connectivity index (χ0n) is 8.33. The van der Waals surface area contributed by atoms with Gasteiger partial charge in [-0.25, -0.2) is 0 Å². The molecule has 0 saturated heterocycles. The predicted octanol–water partition coefficient (Wildman–Crippen LogP) is 2.32. The van der Waals surface area contributed by atoms with Crippen LogP contribution in [-0.2, 0) is 0 Å². The van der Waals surface area contributed by atoms with Crippen molar-refractivity contribution in [3.05, 3.63) is 24.3 Å². The van der Waals surface area contributed by atoms with E-state index < -0.39 is 0 Å². The first kappa shape index (κ1) is 9.53. The molecule has 0 spiro atoms. The van der Waals surface area contributed by atoms with E-state index in [2.05, 4.69) is 50.2 Å². The van der Waals surface area contributed by atoms with E-state index in [-0.39, 0.29) is 0 Å². The average molecular weight is 165 g/mol. The fraction of sp³-hybridized carbons (Fsp3) is 0.636. The molecule has 1 aliphatic carbocycles. The molecule has 0 radical (unpaired) electrons. The van der Waals surface area contributed by atoms with Crippen LogP contribution in [0.3, 0.4) is 0 Å². The first-order valence-corrected chi connectivity index (χ1v) is 4.70. The summed E-state index contributed by atoms with van der Waals surface area (Å²) in [6.07, 6.45) is 10.2. The SMILES string of the molecule is CC1C=CC=CC1CCN(C)C. The second kappa shape index (κ2) is 4.46. The minimum Gasteiger partial charge on any atom is -0.309 e. The summed E-state index contributed by atoms with van der Waals surface area (Å²) in [6, 6.07) is 0. The van der Waals surface area contributed by atoms with Crippen molar-refractivity contribution in [1.29, 1.82) is 0 Å².